The Kier molecular flexibility index (Phi) is 4.80. The Bertz CT molecular complexity index is 247. The minimum atomic E-state index is -3.28. The van der Waals surface area contributed by atoms with Crippen LogP contribution >= 0.6 is 0 Å². The monoisotopic (exact) mass is 222 g/mol. The summed E-state index contributed by atoms with van der Waals surface area (Å²) in [5.41, 5.74) is 2.85. The molecule has 0 saturated carbocycles. The fourth-order valence-corrected chi connectivity index (χ4v) is 2.12. The number of hydrogen-bond acceptors (Lipinski definition) is 4. The van der Waals surface area contributed by atoms with E-state index in [1.807, 2.05) is 0 Å². The van der Waals surface area contributed by atoms with Crippen molar-refractivity contribution >= 4 is 10.0 Å². The first-order chi connectivity index (χ1) is 6.58. The lowest BCUT2D eigenvalue weighted by Crippen LogP contribution is -2.31. The molecule has 1 aliphatic heterocycles. The predicted molar refractivity (Wildman–Crippen MR) is 53.9 cm³/mol. The van der Waals surface area contributed by atoms with E-state index in [1.165, 1.54) is 0 Å². The summed E-state index contributed by atoms with van der Waals surface area (Å²) < 4.78 is 21.2. The van der Waals surface area contributed by atoms with Crippen molar-refractivity contribution in [3.05, 3.63) is 0 Å². The third kappa shape index (κ3) is 5.54. The second kappa shape index (κ2) is 5.65. The van der Waals surface area contributed by atoms with Crippen LogP contribution in [0.25, 0.3) is 0 Å². The van der Waals surface area contributed by atoms with Crippen molar-refractivity contribution in [2.45, 2.75) is 38.2 Å². The molecule has 0 aromatic rings. The van der Waals surface area contributed by atoms with Gasteiger partial charge in [0.2, 0.25) is 10.0 Å². The van der Waals surface area contributed by atoms with Crippen molar-refractivity contribution in [2.75, 3.05) is 12.3 Å². The van der Waals surface area contributed by atoms with Gasteiger partial charge in [-0.2, -0.15) is 0 Å². The fourth-order valence-electron chi connectivity index (χ4n) is 1.52. The number of nitrogens with one attached hydrogen (secondary N) is 1. The van der Waals surface area contributed by atoms with Gasteiger partial charge in [-0.05, 0) is 32.1 Å². The molecule has 1 aliphatic rings. The summed E-state index contributed by atoms with van der Waals surface area (Å²) in [5, 5.41) is 4.88. The van der Waals surface area contributed by atoms with E-state index >= 15 is 0 Å². The highest BCUT2D eigenvalue weighted by molar-refractivity contribution is 7.89. The van der Waals surface area contributed by atoms with Gasteiger partial charge in [-0.25, -0.2) is 19.0 Å². The molecule has 0 spiro atoms. The summed E-state index contributed by atoms with van der Waals surface area (Å²) in [4.78, 5) is 5.28. The van der Waals surface area contributed by atoms with Gasteiger partial charge in [0.05, 0.1) is 11.9 Å². The Morgan fingerprint density at radius 2 is 2.21 bits per heavy atom. The second-order valence-corrected chi connectivity index (χ2v) is 5.37. The first kappa shape index (κ1) is 11.9. The number of hydroxylamine groups is 1. The molecule has 0 aromatic heterocycles. The molecule has 5 nitrogen and oxygen atoms in total. The van der Waals surface area contributed by atoms with Crippen molar-refractivity contribution in [1.29, 1.82) is 0 Å². The largest absolute Gasteiger partial charge is 0.299 e. The van der Waals surface area contributed by atoms with Gasteiger partial charge in [0.25, 0.3) is 0 Å². The topological polar surface area (TPSA) is 81.4 Å². The molecule has 1 atom stereocenters. The molecular weight excluding hydrogens is 204 g/mol. The Hall–Kier alpha value is -0.170. The van der Waals surface area contributed by atoms with Gasteiger partial charge in [-0.15, -0.1) is 0 Å². The van der Waals surface area contributed by atoms with E-state index in [4.69, 9.17) is 9.98 Å². The van der Waals surface area contributed by atoms with Crippen molar-refractivity contribution in [3.63, 3.8) is 0 Å². The Morgan fingerprint density at radius 1 is 1.43 bits per heavy atom. The number of hydrogen-bond donors (Lipinski definition) is 2. The number of sulfonamides is 1. The van der Waals surface area contributed by atoms with E-state index in [0.29, 0.717) is 6.42 Å². The average molecular weight is 222 g/mol. The van der Waals surface area contributed by atoms with Crippen LogP contribution < -0.4 is 10.6 Å². The quantitative estimate of drug-likeness (QED) is 0.648. The van der Waals surface area contributed by atoms with Crippen LogP contribution in [-0.2, 0) is 14.9 Å². The van der Waals surface area contributed by atoms with Crippen molar-refractivity contribution in [2.24, 2.45) is 5.14 Å². The molecule has 1 heterocycles. The molecule has 14 heavy (non-hydrogen) atoms. The maximum Gasteiger partial charge on any atom is 0.209 e. The van der Waals surface area contributed by atoms with Crippen molar-refractivity contribution < 1.29 is 13.3 Å². The molecular formula is C8H18N2O3S. The zero-order valence-corrected chi connectivity index (χ0v) is 9.05. The lowest BCUT2D eigenvalue weighted by atomic mass is 10.1. The number of rotatable bonds is 5. The first-order valence-corrected chi connectivity index (χ1v) is 6.68. The van der Waals surface area contributed by atoms with Crippen LogP contribution in [0.3, 0.4) is 0 Å². The number of primary sulfonamides is 1. The third-order valence-electron chi connectivity index (χ3n) is 2.26. The van der Waals surface area contributed by atoms with Crippen LogP contribution in [-0.4, -0.2) is 26.8 Å². The minimum Gasteiger partial charge on any atom is -0.299 e. The maximum atomic E-state index is 10.6. The molecule has 0 aliphatic carbocycles. The molecule has 0 bridgehead atoms. The first-order valence-electron chi connectivity index (χ1n) is 4.97. The average Bonchev–Trinajstić information content (AvgIpc) is 2.13. The molecule has 0 radical (unpaired) electrons. The number of unbranched alkanes of at least 4 members (excludes halogenated alkanes) is 1. The van der Waals surface area contributed by atoms with Crippen molar-refractivity contribution in [1.82, 2.24) is 5.48 Å². The smallest absolute Gasteiger partial charge is 0.209 e. The molecule has 3 N–H and O–H groups in total. The van der Waals surface area contributed by atoms with Crippen LogP contribution in [0.2, 0.25) is 0 Å². The molecule has 1 unspecified atom stereocenters. The van der Waals surface area contributed by atoms with Crippen LogP contribution in [0, 0.1) is 0 Å². The van der Waals surface area contributed by atoms with Gasteiger partial charge in [-0.1, -0.05) is 0 Å². The summed E-state index contributed by atoms with van der Waals surface area (Å²) in [5.74, 6) is 0.0765. The van der Waals surface area contributed by atoms with Gasteiger partial charge < -0.3 is 0 Å². The highest BCUT2D eigenvalue weighted by Gasteiger charge is 2.13. The van der Waals surface area contributed by atoms with Gasteiger partial charge >= 0.3 is 0 Å². The molecule has 1 rings (SSSR count). The Labute approximate surface area is 85.0 Å². The van der Waals surface area contributed by atoms with E-state index in [9.17, 15) is 8.42 Å². The molecule has 6 heteroatoms. The standard InChI is InChI=1S/C8H18N2O3S/c9-14(11,12)7-2-1-4-8-5-3-6-10-13-8/h8,10H,1-7H2,(H2,9,11,12). The highest BCUT2D eigenvalue weighted by atomic mass is 32.2. The molecule has 0 aromatic carbocycles. The SMILES string of the molecule is NS(=O)(=O)CCCCC1CCCNO1. The molecule has 84 valence electrons. The van der Waals surface area contributed by atoms with Crippen LogP contribution in [0.5, 0.6) is 0 Å². The summed E-state index contributed by atoms with van der Waals surface area (Å²) in [6.45, 7) is 0.910. The number of nitrogens with two attached hydrogens (primary N) is 1. The lowest BCUT2D eigenvalue weighted by molar-refractivity contribution is -0.0591. The highest BCUT2D eigenvalue weighted by Crippen LogP contribution is 2.13. The molecule has 1 saturated heterocycles. The minimum absolute atomic E-state index is 0.0765. The van der Waals surface area contributed by atoms with Crippen LogP contribution in [0.1, 0.15) is 32.1 Å². The van der Waals surface area contributed by atoms with Crippen LogP contribution in [0.15, 0.2) is 0 Å². The van der Waals surface area contributed by atoms with Gasteiger partial charge in [-0.3, -0.25) is 4.84 Å². The summed E-state index contributed by atoms with van der Waals surface area (Å²) in [6, 6.07) is 0. The van der Waals surface area contributed by atoms with E-state index in [1.54, 1.807) is 0 Å². The second-order valence-electron chi connectivity index (χ2n) is 3.64. The summed E-state index contributed by atoms with van der Waals surface area (Å²) >= 11 is 0. The van der Waals surface area contributed by atoms with Gasteiger partial charge in [0, 0.05) is 6.54 Å². The fraction of sp³-hybridized carbons (Fsp3) is 1.00. The third-order valence-corrected chi connectivity index (χ3v) is 3.12. The van der Waals surface area contributed by atoms with Crippen molar-refractivity contribution in [3.8, 4) is 0 Å². The maximum absolute atomic E-state index is 10.6. The normalized spacial score (nSPS) is 23.6. The Morgan fingerprint density at radius 3 is 2.79 bits per heavy atom. The summed E-state index contributed by atoms with van der Waals surface area (Å²) in [7, 11) is -3.28. The van der Waals surface area contributed by atoms with Gasteiger partial charge in [0.15, 0.2) is 0 Å². The Balaban J connectivity index is 2.03. The summed E-state index contributed by atoms with van der Waals surface area (Å²) in [6.07, 6.45) is 4.80. The molecule has 0 amide bonds. The van der Waals surface area contributed by atoms with Crippen LogP contribution in [0.4, 0.5) is 0 Å². The zero-order valence-electron chi connectivity index (χ0n) is 8.24. The zero-order chi connectivity index (χ0) is 10.4. The van der Waals surface area contributed by atoms with E-state index in [2.05, 4.69) is 5.48 Å². The molecule has 1 fully saturated rings. The van der Waals surface area contributed by atoms with E-state index in [0.717, 1.165) is 32.2 Å². The van der Waals surface area contributed by atoms with Gasteiger partial charge in [0.1, 0.15) is 0 Å². The van der Waals surface area contributed by atoms with E-state index < -0.39 is 10.0 Å². The van der Waals surface area contributed by atoms with E-state index in [-0.39, 0.29) is 11.9 Å². The predicted octanol–water partition coefficient (Wildman–Crippen LogP) is 0.129. The lowest BCUT2D eigenvalue weighted by Gasteiger charge is -2.22.